The Morgan fingerprint density at radius 3 is 2.38 bits per heavy atom. The molecule has 0 unspecified atom stereocenters. The van der Waals surface area contributed by atoms with E-state index in [-0.39, 0.29) is 4.90 Å². The Bertz CT molecular complexity index is 836. The molecule has 0 radical (unpaired) electrons. The van der Waals surface area contributed by atoms with Gasteiger partial charge >= 0.3 is 0 Å². The summed E-state index contributed by atoms with van der Waals surface area (Å²) in [5.41, 5.74) is 0.979. The Kier molecular flexibility index (Phi) is 5.46. The fourth-order valence-electron chi connectivity index (χ4n) is 2.45. The van der Waals surface area contributed by atoms with Crippen LogP contribution in [0.25, 0.3) is 0 Å². The molecular formula is C17H20FNO4S. The van der Waals surface area contributed by atoms with E-state index in [1.807, 2.05) is 0 Å². The minimum Gasteiger partial charge on any atom is -0.497 e. The number of ether oxygens (including phenoxy) is 2. The number of halogens is 1. The third-order valence-corrected chi connectivity index (χ3v) is 5.36. The van der Waals surface area contributed by atoms with Crippen molar-refractivity contribution in [1.82, 2.24) is 4.72 Å². The third kappa shape index (κ3) is 3.85. The summed E-state index contributed by atoms with van der Waals surface area (Å²) in [6, 6.07) is 8.15. The van der Waals surface area contributed by atoms with Crippen LogP contribution < -0.4 is 14.2 Å². The van der Waals surface area contributed by atoms with Crippen LogP contribution in [0, 0.1) is 12.7 Å². The number of sulfonamides is 1. The van der Waals surface area contributed by atoms with E-state index >= 15 is 0 Å². The van der Waals surface area contributed by atoms with Gasteiger partial charge in [0, 0.05) is 11.6 Å². The van der Waals surface area contributed by atoms with Crippen LogP contribution in [0.1, 0.15) is 24.1 Å². The van der Waals surface area contributed by atoms with Crippen molar-refractivity contribution in [2.24, 2.45) is 0 Å². The van der Waals surface area contributed by atoms with Gasteiger partial charge in [0.15, 0.2) is 0 Å². The smallest absolute Gasteiger partial charge is 0.241 e. The van der Waals surface area contributed by atoms with E-state index in [9.17, 15) is 12.8 Å². The summed E-state index contributed by atoms with van der Waals surface area (Å²) in [6.07, 6.45) is 0. The zero-order valence-electron chi connectivity index (χ0n) is 14.0. The summed E-state index contributed by atoms with van der Waals surface area (Å²) in [7, 11) is -0.772. The second kappa shape index (κ2) is 7.19. The van der Waals surface area contributed by atoms with Gasteiger partial charge in [-0.05, 0) is 55.8 Å². The molecule has 0 heterocycles. The third-order valence-electron chi connectivity index (χ3n) is 3.66. The topological polar surface area (TPSA) is 64.6 Å². The maximum Gasteiger partial charge on any atom is 0.241 e. The van der Waals surface area contributed by atoms with Gasteiger partial charge in [-0.2, -0.15) is 0 Å². The molecule has 7 heteroatoms. The maximum absolute atomic E-state index is 13.2. The minimum absolute atomic E-state index is 0.0395. The normalized spacial score (nSPS) is 12.7. The number of methoxy groups -OCH3 is 2. The quantitative estimate of drug-likeness (QED) is 0.866. The Balaban J connectivity index is 2.36. The molecule has 2 rings (SSSR count). The Morgan fingerprint density at radius 2 is 1.79 bits per heavy atom. The average molecular weight is 353 g/mol. The van der Waals surface area contributed by atoms with Crippen LogP contribution in [0.5, 0.6) is 11.5 Å². The van der Waals surface area contributed by atoms with Crippen molar-refractivity contribution in [1.29, 1.82) is 0 Å². The molecule has 0 saturated heterocycles. The summed E-state index contributed by atoms with van der Waals surface area (Å²) in [6.45, 7) is 3.25. The van der Waals surface area contributed by atoms with Gasteiger partial charge < -0.3 is 9.47 Å². The lowest BCUT2D eigenvalue weighted by atomic mass is 10.1. The lowest BCUT2D eigenvalue weighted by Crippen LogP contribution is -2.27. The molecule has 1 atom stereocenters. The first-order valence-electron chi connectivity index (χ1n) is 7.29. The molecule has 0 saturated carbocycles. The number of aryl methyl sites for hydroxylation is 1. The number of hydrogen-bond acceptors (Lipinski definition) is 4. The second-order valence-electron chi connectivity index (χ2n) is 5.36. The predicted octanol–water partition coefficient (Wildman–Crippen LogP) is 3.19. The van der Waals surface area contributed by atoms with Crippen molar-refractivity contribution in [2.45, 2.75) is 24.8 Å². The SMILES string of the molecule is COc1ccc(OC)c([C@H](C)NS(=O)(=O)c2ccc(F)cc2C)c1. The molecule has 0 bridgehead atoms. The fraction of sp³-hybridized carbons (Fsp3) is 0.294. The zero-order valence-corrected chi connectivity index (χ0v) is 14.8. The van der Waals surface area contributed by atoms with Crippen LogP contribution in [0.4, 0.5) is 4.39 Å². The van der Waals surface area contributed by atoms with E-state index < -0.39 is 21.9 Å². The van der Waals surface area contributed by atoms with Gasteiger partial charge in [-0.25, -0.2) is 17.5 Å². The van der Waals surface area contributed by atoms with Gasteiger partial charge in [-0.3, -0.25) is 0 Å². The van der Waals surface area contributed by atoms with Gasteiger partial charge in [-0.15, -0.1) is 0 Å². The van der Waals surface area contributed by atoms with Crippen molar-refractivity contribution >= 4 is 10.0 Å². The Morgan fingerprint density at radius 1 is 1.08 bits per heavy atom. The van der Waals surface area contributed by atoms with Crippen molar-refractivity contribution in [3.8, 4) is 11.5 Å². The highest BCUT2D eigenvalue weighted by molar-refractivity contribution is 7.89. The van der Waals surface area contributed by atoms with Crippen LogP contribution >= 0.6 is 0 Å². The predicted molar refractivity (Wildman–Crippen MR) is 89.4 cm³/mol. The molecule has 0 spiro atoms. The first kappa shape index (κ1) is 18.2. The number of nitrogens with one attached hydrogen (secondary N) is 1. The van der Waals surface area contributed by atoms with Crippen LogP contribution in [-0.2, 0) is 10.0 Å². The first-order valence-corrected chi connectivity index (χ1v) is 8.77. The molecular weight excluding hydrogens is 333 g/mol. The second-order valence-corrected chi connectivity index (χ2v) is 7.04. The molecule has 0 amide bonds. The van der Waals surface area contributed by atoms with E-state index in [2.05, 4.69) is 4.72 Å². The highest BCUT2D eigenvalue weighted by atomic mass is 32.2. The average Bonchev–Trinajstić information content (AvgIpc) is 2.53. The highest BCUT2D eigenvalue weighted by Crippen LogP contribution is 2.30. The molecule has 0 aliphatic heterocycles. The molecule has 2 aromatic carbocycles. The molecule has 24 heavy (non-hydrogen) atoms. The van der Waals surface area contributed by atoms with E-state index in [4.69, 9.17) is 9.47 Å². The minimum atomic E-state index is -3.81. The molecule has 2 aromatic rings. The first-order chi connectivity index (χ1) is 11.3. The maximum atomic E-state index is 13.2. The number of rotatable bonds is 6. The van der Waals surface area contributed by atoms with Crippen molar-refractivity contribution in [3.63, 3.8) is 0 Å². The molecule has 0 fully saturated rings. The van der Waals surface area contributed by atoms with E-state index in [0.29, 0.717) is 22.6 Å². The number of benzene rings is 2. The molecule has 0 aliphatic carbocycles. The Hall–Kier alpha value is -2.12. The van der Waals surface area contributed by atoms with Gasteiger partial charge in [-0.1, -0.05) is 0 Å². The van der Waals surface area contributed by atoms with Crippen LogP contribution in [0.2, 0.25) is 0 Å². The molecule has 130 valence electrons. The summed E-state index contributed by atoms with van der Waals surface area (Å²) < 4.78 is 51.4. The van der Waals surface area contributed by atoms with E-state index in [1.54, 1.807) is 32.0 Å². The summed E-state index contributed by atoms with van der Waals surface area (Å²) in [4.78, 5) is 0.0395. The lowest BCUT2D eigenvalue weighted by Gasteiger charge is -2.19. The van der Waals surface area contributed by atoms with Gasteiger partial charge in [0.25, 0.3) is 0 Å². The van der Waals surface area contributed by atoms with Crippen LogP contribution in [-0.4, -0.2) is 22.6 Å². The summed E-state index contributed by atoms with van der Waals surface area (Å²) in [5, 5.41) is 0. The molecule has 0 aliphatic rings. The summed E-state index contributed by atoms with van der Waals surface area (Å²) >= 11 is 0. The molecule has 5 nitrogen and oxygen atoms in total. The largest absolute Gasteiger partial charge is 0.497 e. The Labute approximate surface area is 141 Å². The fourth-order valence-corrected chi connectivity index (χ4v) is 3.90. The van der Waals surface area contributed by atoms with Gasteiger partial charge in [0.1, 0.15) is 17.3 Å². The van der Waals surface area contributed by atoms with E-state index in [1.165, 1.54) is 26.4 Å². The standard InChI is InChI=1S/C17H20FNO4S/c1-11-9-13(18)5-8-17(11)24(20,21)19-12(2)15-10-14(22-3)6-7-16(15)23-4/h5-10,12,19H,1-4H3/t12-/m0/s1. The molecule has 1 N–H and O–H groups in total. The van der Waals surface area contributed by atoms with Gasteiger partial charge in [0.2, 0.25) is 10.0 Å². The van der Waals surface area contributed by atoms with Crippen molar-refractivity contribution in [2.75, 3.05) is 14.2 Å². The van der Waals surface area contributed by atoms with Crippen molar-refractivity contribution < 1.29 is 22.3 Å². The van der Waals surface area contributed by atoms with Crippen LogP contribution in [0.15, 0.2) is 41.3 Å². The monoisotopic (exact) mass is 353 g/mol. The zero-order chi connectivity index (χ0) is 17.9. The summed E-state index contributed by atoms with van der Waals surface area (Å²) in [5.74, 6) is 0.658. The van der Waals surface area contributed by atoms with Crippen LogP contribution in [0.3, 0.4) is 0 Å². The number of hydrogen-bond donors (Lipinski definition) is 1. The highest BCUT2D eigenvalue weighted by Gasteiger charge is 2.22. The lowest BCUT2D eigenvalue weighted by molar-refractivity contribution is 0.395. The van der Waals surface area contributed by atoms with E-state index in [0.717, 1.165) is 6.07 Å². The molecule has 0 aromatic heterocycles. The van der Waals surface area contributed by atoms with Crippen molar-refractivity contribution in [3.05, 3.63) is 53.3 Å². The van der Waals surface area contributed by atoms with Gasteiger partial charge in [0.05, 0.1) is 19.1 Å².